The molecule has 0 aliphatic rings. The predicted octanol–water partition coefficient (Wildman–Crippen LogP) is 2.92. The first kappa shape index (κ1) is 16.0. The zero-order valence-corrected chi connectivity index (χ0v) is 11.6. The fourth-order valence-corrected chi connectivity index (χ4v) is 1.92. The van der Waals surface area contributed by atoms with Crippen LogP contribution in [0, 0.1) is 17.5 Å². The normalized spacial score (nSPS) is 13.0. The fraction of sp³-hybridized carbons (Fsp3) is 0.571. The van der Waals surface area contributed by atoms with Crippen molar-refractivity contribution in [1.29, 1.82) is 0 Å². The Morgan fingerprint density at radius 1 is 1.05 bits per heavy atom. The molecule has 0 saturated carbocycles. The Morgan fingerprint density at radius 3 is 2.21 bits per heavy atom. The van der Waals surface area contributed by atoms with Crippen molar-refractivity contribution in [3.8, 4) is 0 Å². The number of likely N-dealkylation sites (N-methyl/N-ethyl adjacent to an activating group) is 1. The van der Waals surface area contributed by atoms with Gasteiger partial charge in [-0.25, -0.2) is 13.2 Å². The Kier molecular flexibility index (Phi) is 6.31. The van der Waals surface area contributed by atoms with Crippen LogP contribution < -0.4 is 5.32 Å². The predicted molar refractivity (Wildman–Crippen MR) is 70.4 cm³/mol. The highest BCUT2D eigenvalue weighted by atomic mass is 19.2. The summed E-state index contributed by atoms with van der Waals surface area (Å²) in [6.45, 7) is 9.04. The molecule has 19 heavy (non-hydrogen) atoms. The van der Waals surface area contributed by atoms with E-state index in [4.69, 9.17) is 0 Å². The molecule has 2 nitrogen and oxygen atoms in total. The summed E-state index contributed by atoms with van der Waals surface area (Å²) in [7, 11) is 0. The quantitative estimate of drug-likeness (QED) is 0.769. The summed E-state index contributed by atoms with van der Waals surface area (Å²) in [4.78, 5) is 2.24. The molecule has 1 unspecified atom stereocenters. The van der Waals surface area contributed by atoms with Crippen LogP contribution in [0.5, 0.6) is 0 Å². The number of hydrogen-bond donors (Lipinski definition) is 1. The standard InChI is InChI=1S/C14H21F3N2/c1-4-19(5-2)9-10(3)18-8-11-6-13(16)14(17)7-12(11)15/h6-7,10,18H,4-5,8-9H2,1-3H3. The number of halogens is 3. The highest BCUT2D eigenvalue weighted by Gasteiger charge is 2.11. The lowest BCUT2D eigenvalue weighted by Gasteiger charge is -2.23. The molecule has 0 amide bonds. The van der Waals surface area contributed by atoms with E-state index in [-0.39, 0.29) is 18.2 Å². The van der Waals surface area contributed by atoms with Gasteiger partial charge in [0.15, 0.2) is 11.6 Å². The first-order valence-corrected chi connectivity index (χ1v) is 6.57. The molecule has 0 heterocycles. The zero-order chi connectivity index (χ0) is 14.4. The van der Waals surface area contributed by atoms with Gasteiger partial charge in [-0.05, 0) is 26.1 Å². The molecule has 0 bridgehead atoms. The Labute approximate surface area is 112 Å². The average molecular weight is 274 g/mol. The van der Waals surface area contributed by atoms with Crippen LogP contribution in [-0.2, 0) is 6.54 Å². The fourth-order valence-electron chi connectivity index (χ4n) is 1.92. The van der Waals surface area contributed by atoms with Gasteiger partial charge in [-0.15, -0.1) is 0 Å². The molecular weight excluding hydrogens is 253 g/mol. The lowest BCUT2D eigenvalue weighted by Crippen LogP contribution is -2.38. The van der Waals surface area contributed by atoms with Crippen molar-refractivity contribution in [3.05, 3.63) is 35.1 Å². The molecule has 0 aliphatic heterocycles. The minimum absolute atomic E-state index is 0.144. The minimum Gasteiger partial charge on any atom is -0.309 e. The van der Waals surface area contributed by atoms with Gasteiger partial charge >= 0.3 is 0 Å². The van der Waals surface area contributed by atoms with Crippen LogP contribution >= 0.6 is 0 Å². The highest BCUT2D eigenvalue weighted by Crippen LogP contribution is 2.13. The van der Waals surface area contributed by atoms with Crippen molar-refractivity contribution in [2.24, 2.45) is 0 Å². The molecule has 1 aromatic carbocycles. The smallest absolute Gasteiger partial charge is 0.161 e. The van der Waals surface area contributed by atoms with Gasteiger partial charge in [0.25, 0.3) is 0 Å². The third-order valence-corrected chi connectivity index (χ3v) is 3.16. The van der Waals surface area contributed by atoms with E-state index in [0.29, 0.717) is 6.07 Å². The van der Waals surface area contributed by atoms with Crippen LogP contribution in [-0.4, -0.2) is 30.6 Å². The van der Waals surface area contributed by atoms with E-state index >= 15 is 0 Å². The first-order valence-electron chi connectivity index (χ1n) is 6.57. The highest BCUT2D eigenvalue weighted by molar-refractivity contribution is 5.20. The molecule has 1 N–H and O–H groups in total. The number of nitrogens with one attached hydrogen (secondary N) is 1. The van der Waals surface area contributed by atoms with E-state index in [2.05, 4.69) is 24.1 Å². The topological polar surface area (TPSA) is 15.3 Å². The number of rotatable bonds is 7. The maximum atomic E-state index is 13.4. The summed E-state index contributed by atoms with van der Waals surface area (Å²) in [5.74, 6) is -2.89. The van der Waals surface area contributed by atoms with Crippen LogP contribution in [0.4, 0.5) is 13.2 Å². The number of benzene rings is 1. The SMILES string of the molecule is CCN(CC)CC(C)NCc1cc(F)c(F)cc1F. The molecule has 0 saturated heterocycles. The molecule has 1 aromatic rings. The van der Waals surface area contributed by atoms with Gasteiger partial charge in [0.1, 0.15) is 5.82 Å². The summed E-state index contributed by atoms with van der Waals surface area (Å²) in [5.41, 5.74) is 0.144. The van der Waals surface area contributed by atoms with Crippen LogP contribution in [0.1, 0.15) is 26.3 Å². The second kappa shape index (κ2) is 7.50. The van der Waals surface area contributed by atoms with Crippen LogP contribution in [0.2, 0.25) is 0 Å². The van der Waals surface area contributed by atoms with Crippen LogP contribution in [0.15, 0.2) is 12.1 Å². The van der Waals surface area contributed by atoms with Crippen LogP contribution in [0.3, 0.4) is 0 Å². The Balaban J connectivity index is 2.55. The van der Waals surface area contributed by atoms with Crippen molar-refractivity contribution in [1.82, 2.24) is 10.2 Å². The summed E-state index contributed by atoms with van der Waals surface area (Å²) in [6.07, 6.45) is 0. The average Bonchev–Trinajstić information content (AvgIpc) is 2.38. The van der Waals surface area contributed by atoms with E-state index in [1.54, 1.807) is 0 Å². The second-order valence-electron chi connectivity index (χ2n) is 4.63. The van der Waals surface area contributed by atoms with E-state index < -0.39 is 17.5 Å². The van der Waals surface area contributed by atoms with Gasteiger partial charge in [0, 0.05) is 30.8 Å². The molecule has 1 rings (SSSR count). The van der Waals surface area contributed by atoms with Crippen molar-refractivity contribution < 1.29 is 13.2 Å². The number of nitrogens with zero attached hydrogens (tertiary/aromatic N) is 1. The maximum absolute atomic E-state index is 13.4. The molecule has 0 aliphatic carbocycles. The molecule has 108 valence electrons. The largest absolute Gasteiger partial charge is 0.309 e. The van der Waals surface area contributed by atoms with E-state index in [1.807, 2.05) is 6.92 Å². The van der Waals surface area contributed by atoms with Crippen molar-refractivity contribution in [2.45, 2.75) is 33.4 Å². The van der Waals surface area contributed by atoms with Crippen molar-refractivity contribution >= 4 is 0 Å². The lowest BCUT2D eigenvalue weighted by molar-refractivity contribution is 0.270. The summed E-state index contributed by atoms with van der Waals surface area (Å²) < 4.78 is 39.2. The first-order chi connectivity index (χ1) is 8.97. The molecule has 0 aromatic heterocycles. The van der Waals surface area contributed by atoms with E-state index in [1.165, 1.54) is 0 Å². The lowest BCUT2D eigenvalue weighted by atomic mass is 10.2. The van der Waals surface area contributed by atoms with E-state index in [0.717, 1.165) is 25.7 Å². The minimum atomic E-state index is -1.16. The van der Waals surface area contributed by atoms with Crippen molar-refractivity contribution in [3.63, 3.8) is 0 Å². The molecule has 0 fully saturated rings. The monoisotopic (exact) mass is 274 g/mol. The Morgan fingerprint density at radius 2 is 1.63 bits per heavy atom. The zero-order valence-electron chi connectivity index (χ0n) is 11.6. The van der Waals surface area contributed by atoms with Gasteiger partial charge in [0.05, 0.1) is 0 Å². The Hall–Kier alpha value is -1.07. The van der Waals surface area contributed by atoms with Gasteiger partial charge in [0.2, 0.25) is 0 Å². The molecular formula is C14H21F3N2. The third kappa shape index (κ3) is 4.84. The van der Waals surface area contributed by atoms with Gasteiger partial charge in [-0.1, -0.05) is 13.8 Å². The molecule has 1 atom stereocenters. The van der Waals surface area contributed by atoms with Gasteiger partial charge in [-0.3, -0.25) is 0 Å². The molecule has 0 spiro atoms. The second-order valence-corrected chi connectivity index (χ2v) is 4.63. The summed E-state index contributed by atoms with van der Waals surface area (Å²) in [5, 5.41) is 3.11. The molecule has 5 heteroatoms. The summed E-state index contributed by atoms with van der Waals surface area (Å²) in [6, 6.07) is 1.64. The van der Waals surface area contributed by atoms with Crippen molar-refractivity contribution in [2.75, 3.05) is 19.6 Å². The third-order valence-electron chi connectivity index (χ3n) is 3.16. The van der Waals surface area contributed by atoms with Gasteiger partial charge < -0.3 is 10.2 Å². The van der Waals surface area contributed by atoms with Crippen LogP contribution in [0.25, 0.3) is 0 Å². The summed E-state index contributed by atoms with van der Waals surface area (Å²) >= 11 is 0. The maximum Gasteiger partial charge on any atom is 0.161 e. The molecule has 0 radical (unpaired) electrons. The number of hydrogen-bond acceptors (Lipinski definition) is 2. The van der Waals surface area contributed by atoms with Gasteiger partial charge in [-0.2, -0.15) is 0 Å². The van der Waals surface area contributed by atoms with E-state index in [9.17, 15) is 13.2 Å². The Bertz CT molecular complexity index is 406.